The third kappa shape index (κ3) is 7.81. The van der Waals surface area contributed by atoms with Crippen LogP contribution in [0.5, 0.6) is 0 Å². The van der Waals surface area contributed by atoms with Crippen molar-refractivity contribution >= 4 is 33.1 Å². The average molecular weight is 541 g/mol. The molecule has 0 saturated heterocycles. The van der Waals surface area contributed by atoms with Crippen LogP contribution in [0.25, 0.3) is 21.7 Å². The lowest BCUT2D eigenvalue weighted by atomic mass is 9.91. The molecule has 0 saturated carbocycles. The zero-order valence-corrected chi connectivity index (χ0v) is 25.2. The van der Waals surface area contributed by atoms with Crippen LogP contribution in [0.2, 0.25) is 0 Å². The Morgan fingerprint density at radius 2 is 1.60 bits per heavy atom. The zero-order valence-electron chi connectivity index (χ0n) is 24.4. The lowest BCUT2D eigenvalue weighted by molar-refractivity contribution is 0.963. The Hall–Kier alpha value is -3.94. The van der Waals surface area contributed by atoms with Crippen molar-refractivity contribution < 1.29 is 0 Å². The maximum absolute atomic E-state index is 2.31. The standard InChI is InChI=1S/C39H40S/c1-6-33-20-12-13-23-35(27-29(2)17-16-26-38-32(5)36-24-14-15-25-39(36)40-38)30(3)18-10-11-19-31(4)37(28-33)34-21-8-7-9-22-34/h6-16,18-28,31H,17H2,1-5H3/b18-10+,19-11+,20-12-,23-13-,26-16-,29-27+,33-6-,35-30+,37-28+. The first-order valence-electron chi connectivity index (χ1n) is 14.1. The van der Waals surface area contributed by atoms with Crippen molar-refractivity contribution in [3.8, 4) is 0 Å². The Morgan fingerprint density at radius 1 is 0.875 bits per heavy atom. The molecule has 0 N–H and O–H groups in total. The van der Waals surface area contributed by atoms with E-state index in [9.17, 15) is 0 Å². The smallest absolute Gasteiger partial charge is 0.0351 e. The van der Waals surface area contributed by atoms with Gasteiger partial charge in [-0.05, 0) is 91.0 Å². The molecule has 0 nitrogen and oxygen atoms in total. The molecule has 0 spiro atoms. The molecule has 0 radical (unpaired) electrons. The second kappa shape index (κ2) is 14.4. The van der Waals surface area contributed by atoms with Crippen LogP contribution in [-0.2, 0) is 0 Å². The molecule has 0 amide bonds. The lowest BCUT2D eigenvalue weighted by Gasteiger charge is -2.14. The summed E-state index contributed by atoms with van der Waals surface area (Å²) in [6.07, 6.45) is 29.8. The average Bonchev–Trinajstić information content (AvgIpc) is 3.29. The van der Waals surface area contributed by atoms with Crippen molar-refractivity contribution in [2.75, 3.05) is 0 Å². The largest absolute Gasteiger partial charge is 0.136 e. The van der Waals surface area contributed by atoms with Crippen LogP contribution in [-0.4, -0.2) is 0 Å². The van der Waals surface area contributed by atoms with Gasteiger partial charge in [0.15, 0.2) is 0 Å². The second-order valence-corrected chi connectivity index (χ2v) is 11.4. The van der Waals surface area contributed by atoms with Crippen molar-refractivity contribution in [2.45, 2.75) is 41.0 Å². The summed E-state index contributed by atoms with van der Waals surface area (Å²) in [6, 6.07) is 19.3. The molecule has 0 fully saturated rings. The normalized spacial score (nSPS) is 24.5. The number of hydrogen-bond donors (Lipinski definition) is 0. The number of benzene rings is 2. The van der Waals surface area contributed by atoms with Crippen molar-refractivity contribution in [3.05, 3.63) is 166 Å². The Balaban J connectivity index is 1.57. The minimum Gasteiger partial charge on any atom is -0.136 e. The number of hydrogen-bond acceptors (Lipinski definition) is 1. The maximum Gasteiger partial charge on any atom is 0.0351 e. The first kappa shape index (κ1) is 29.1. The van der Waals surface area contributed by atoms with E-state index < -0.39 is 0 Å². The highest BCUT2D eigenvalue weighted by Crippen LogP contribution is 2.32. The molecule has 1 unspecified atom stereocenters. The van der Waals surface area contributed by atoms with Gasteiger partial charge in [-0.25, -0.2) is 0 Å². The molecule has 0 aliphatic heterocycles. The van der Waals surface area contributed by atoms with E-state index >= 15 is 0 Å². The fourth-order valence-corrected chi connectivity index (χ4v) is 5.94. The monoisotopic (exact) mass is 540 g/mol. The fourth-order valence-electron chi connectivity index (χ4n) is 4.79. The number of aryl methyl sites for hydroxylation is 1. The molecule has 1 heterocycles. The molecule has 202 valence electrons. The van der Waals surface area contributed by atoms with Crippen molar-refractivity contribution in [1.29, 1.82) is 0 Å². The molecule has 3 aromatic rings. The van der Waals surface area contributed by atoms with Crippen LogP contribution < -0.4 is 0 Å². The Kier molecular flexibility index (Phi) is 10.5. The summed E-state index contributed by atoms with van der Waals surface area (Å²) in [5, 5.41) is 1.36. The summed E-state index contributed by atoms with van der Waals surface area (Å²) in [7, 11) is 0. The van der Waals surface area contributed by atoms with E-state index in [-0.39, 0.29) is 5.92 Å². The Bertz CT molecular complexity index is 1590. The summed E-state index contributed by atoms with van der Waals surface area (Å²) in [5.41, 5.74) is 8.95. The van der Waals surface area contributed by atoms with Crippen LogP contribution in [0.3, 0.4) is 0 Å². The van der Waals surface area contributed by atoms with E-state index in [0.29, 0.717) is 0 Å². The van der Waals surface area contributed by atoms with Gasteiger partial charge in [0, 0.05) is 9.58 Å². The van der Waals surface area contributed by atoms with Gasteiger partial charge in [-0.1, -0.05) is 134 Å². The SMILES string of the molecule is C/C=C1/C=C\C=C/C(/C=C(\C)C/C=C\c2sc3ccccc3c2C)=C(C)\C=C\C=C\C(C)\C(c2ccccc2)=C/1. The van der Waals surface area contributed by atoms with Gasteiger partial charge in [-0.2, -0.15) is 0 Å². The number of thiophene rings is 1. The molecule has 2 aromatic carbocycles. The Labute approximate surface area is 245 Å². The summed E-state index contributed by atoms with van der Waals surface area (Å²) in [4.78, 5) is 1.35. The Morgan fingerprint density at radius 3 is 2.38 bits per heavy atom. The molecular weight excluding hydrogens is 500 g/mol. The summed E-state index contributed by atoms with van der Waals surface area (Å²) in [6.45, 7) is 11.0. The molecule has 1 aliphatic rings. The van der Waals surface area contributed by atoms with E-state index in [1.54, 1.807) is 0 Å². The quantitative estimate of drug-likeness (QED) is 0.302. The van der Waals surface area contributed by atoms with E-state index in [4.69, 9.17) is 0 Å². The van der Waals surface area contributed by atoms with E-state index in [2.05, 4.69) is 168 Å². The highest BCUT2D eigenvalue weighted by Gasteiger charge is 2.09. The van der Waals surface area contributed by atoms with Crippen molar-refractivity contribution in [1.82, 2.24) is 0 Å². The van der Waals surface area contributed by atoms with Crippen LogP contribution in [0, 0.1) is 12.8 Å². The number of fused-ring (bicyclic) bond motifs is 1. The predicted octanol–water partition coefficient (Wildman–Crippen LogP) is 11.8. The molecule has 4 rings (SSSR count). The van der Waals surface area contributed by atoms with Gasteiger partial charge in [-0.3, -0.25) is 0 Å². The number of rotatable bonds is 5. The summed E-state index contributed by atoms with van der Waals surface area (Å²) < 4.78 is 1.36. The molecular formula is C39H40S. The molecule has 0 bridgehead atoms. The second-order valence-electron chi connectivity index (χ2n) is 10.3. The van der Waals surface area contributed by atoms with Gasteiger partial charge in [0.05, 0.1) is 0 Å². The maximum atomic E-state index is 2.31. The van der Waals surface area contributed by atoms with E-state index in [1.165, 1.54) is 54.0 Å². The van der Waals surface area contributed by atoms with Gasteiger partial charge in [0.2, 0.25) is 0 Å². The van der Waals surface area contributed by atoms with E-state index in [1.807, 2.05) is 11.3 Å². The topological polar surface area (TPSA) is 0 Å². The molecule has 1 aliphatic carbocycles. The highest BCUT2D eigenvalue weighted by molar-refractivity contribution is 7.20. The fraction of sp³-hybridized carbons (Fsp3) is 0.179. The zero-order chi connectivity index (χ0) is 28.3. The molecule has 1 aromatic heterocycles. The van der Waals surface area contributed by atoms with E-state index in [0.717, 1.165) is 6.42 Å². The third-order valence-electron chi connectivity index (χ3n) is 7.23. The summed E-state index contributed by atoms with van der Waals surface area (Å²) in [5.74, 6) is 0.288. The first-order valence-corrected chi connectivity index (χ1v) is 14.9. The van der Waals surface area contributed by atoms with Crippen LogP contribution in [0.15, 0.2) is 150 Å². The van der Waals surface area contributed by atoms with Crippen molar-refractivity contribution in [3.63, 3.8) is 0 Å². The van der Waals surface area contributed by atoms with Gasteiger partial charge < -0.3 is 0 Å². The molecule has 1 atom stereocenters. The highest BCUT2D eigenvalue weighted by atomic mass is 32.1. The molecule has 1 heteroatoms. The van der Waals surface area contributed by atoms with Gasteiger partial charge in [-0.15, -0.1) is 11.3 Å². The van der Waals surface area contributed by atoms with Crippen LogP contribution in [0.1, 0.15) is 50.1 Å². The lowest BCUT2D eigenvalue weighted by Crippen LogP contribution is -1.96. The van der Waals surface area contributed by atoms with Gasteiger partial charge >= 0.3 is 0 Å². The van der Waals surface area contributed by atoms with Crippen LogP contribution in [0.4, 0.5) is 0 Å². The molecule has 40 heavy (non-hydrogen) atoms. The predicted molar refractivity (Wildman–Crippen MR) is 181 cm³/mol. The van der Waals surface area contributed by atoms with Gasteiger partial charge in [0.1, 0.15) is 0 Å². The third-order valence-corrected chi connectivity index (χ3v) is 8.47. The van der Waals surface area contributed by atoms with Gasteiger partial charge in [0.25, 0.3) is 0 Å². The number of allylic oxidation sites excluding steroid dienone is 17. The van der Waals surface area contributed by atoms with Crippen LogP contribution >= 0.6 is 11.3 Å². The minimum absolute atomic E-state index is 0.288. The van der Waals surface area contributed by atoms with Crippen molar-refractivity contribution in [2.24, 2.45) is 5.92 Å². The first-order chi connectivity index (χ1) is 19.5. The minimum atomic E-state index is 0.288. The summed E-state index contributed by atoms with van der Waals surface area (Å²) >= 11 is 1.87.